The highest BCUT2D eigenvalue weighted by Crippen LogP contribution is 2.42. The van der Waals surface area contributed by atoms with E-state index < -0.39 is 79.6 Å². The van der Waals surface area contributed by atoms with Gasteiger partial charge in [0.1, 0.15) is 0 Å². The third-order valence-electron chi connectivity index (χ3n) is 9.39. The van der Waals surface area contributed by atoms with E-state index >= 15 is 0 Å². The maximum Gasteiger partial charge on any atom is 0.532 e. The fourth-order valence-corrected chi connectivity index (χ4v) is 39.1. The molecule has 0 bridgehead atoms. The summed E-state index contributed by atoms with van der Waals surface area (Å²) in [6.07, 6.45) is -3.54. The molecule has 4 atom stereocenters. The van der Waals surface area contributed by atoms with Crippen molar-refractivity contribution in [3.8, 4) is 0 Å². The Morgan fingerprint density at radius 1 is 0.585 bits per heavy atom. The Morgan fingerprint density at radius 2 is 0.962 bits per heavy atom. The van der Waals surface area contributed by atoms with Gasteiger partial charge in [0.05, 0.1) is 13.0 Å². The van der Waals surface area contributed by atoms with Crippen molar-refractivity contribution in [2.24, 2.45) is 0 Å². The highest BCUT2D eigenvalue weighted by atomic mass is 28.5. The summed E-state index contributed by atoms with van der Waals surface area (Å²) in [4.78, 5) is 1.06. The van der Waals surface area contributed by atoms with Crippen LogP contribution in [0.2, 0.25) is 38.3 Å². The molecule has 0 saturated carbocycles. The second kappa shape index (κ2) is 21.1. The predicted molar refractivity (Wildman–Crippen MR) is 208 cm³/mol. The van der Waals surface area contributed by atoms with Gasteiger partial charge in [0.25, 0.3) is 0 Å². The molecule has 4 unspecified atom stereocenters. The van der Waals surface area contributed by atoms with E-state index in [2.05, 4.69) is 26.3 Å². The first-order valence-corrected chi connectivity index (χ1v) is 31.9. The Labute approximate surface area is 322 Å². The highest BCUT2D eigenvalue weighted by molar-refractivity contribution is 7.07. The first-order valence-electron chi connectivity index (χ1n) is 17.0. The summed E-state index contributed by atoms with van der Waals surface area (Å²) in [5, 5.41) is 0. The predicted octanol–water partition coefficient (Wildman–Crippen LogP) is 5.54. The molecule has 0 spiro atoms. The zero-order valence-electron chi connectivity index (χ0n) is 33.8. The van der Waals surface area contributed by atoms with Gasteiger partial charge in [-0.05, 0) is 51.1 Å². The molecule has 1 rings (SSSR count). The molecule has 0 radical (unpaired) electrons. The summed E-state index contributed by atoms with van der Waals surface area (Å²) in [7, 11) is -12.3. The lowest BCUT2D eigenvalue weighted by molar-refractivity contribution is -0.145. The molecule has 0 amide bonds. The van der Waals surface area contributed by atoms with Crippen molar-refractivity contribution in [2.45, 2.75) is 70.1 Å². The van der Waals surface area contributed by atoms with Gasteiger partial charge in [-0.15, -0.1) is 0 Å². The molecule has 0 N–H and O–H groups in total. The quantitative estimate of drug-likeness (QED) is 0.106. The number of hydrogen-bond acceptors (Lipinski definition) is 14. The summed E-state index contributed by atoms with van der Waals surface area (Å²) in [5.41, 5.74) is 0. The molecule has 0 aromatic heterocycles. The molecule has 1 fully saturated rings. The molecule has 0 aliphatic carbocycles. The van der Waals surface area contributed by atoms with Crippen LogP contribution in [0.1, 0.15) is 25.7 Å². The lowest BCUT2D eigenvalue weighted by Crippen LogP contribution is -2.70. The second-order valence-electron chi connectivity index (χ2n) is 12.9. The molecule has 1 aliphatic rings. The van der Waals surface area contributed by atoms with Gasteiger partial charge in [-0.3, -0.25) is 0 Å². The maximum atomic E-state index is 12.7. The normalized spacial score (nSPS) is 27.2. The Kier molecular flexibility index (Phi) is 20.3. The van der Waals surface area contributed by atoms with Gasteiger partial charge < -0.3 is 61.3 Å². The van der Waals surface area contributed by atoms with Crippen LogP contribution in [0.5, 0.6) is 0 Å². The molecule has 0 aromatic carbocycles. The van der Waals surface area contributed by atoms with Crippen molar-refractivity contribution in [1.29, 1.82) is 0 Å². The molecular weight excluding hydrogens is 826 g/mol. The second-order valence-corrected chi connectivity index (χ2v) is 37.4. The summed E-state index contributed by atoms with van der Waals surface area (Å²) in [5.74, 6) is 0. The maximum absolute atomic E-state index is 12.7. The Hall–Kier alpha value is -0.0318. The van der Waals surface area contributed by atoms with Gasteiger partial charge in [0.2, 0.25) is 0 Å². The average Bonchev–Trinajstić information content (AvgIpc) is 3.11. The van der Waals surface area contributed by atoms with E-state index in [9.17, 15) is 13.2 Å². The van der Waals surface area contributed by atoms with Gasteiger partial charge in [-0.1, -0.05) is 26.2 Å². The van der Waals surface area contributed by atoms with E-state index in [0.29, 0.717) is 45.8 Å². The lowest BCUT2D eigenvalue weighted by atomic mass is 10.4. The zero-order chi connectivity index (χ0) is 41.0. The first kappa shape index (κ1) is 51.0. The number of rotatable bonds is 21. The lowest BCUT2D eigenvalue weighted by Gasteiger charge is -2.49. The van der Waals surface area contributed by atoms with E-state index in [1.54, 1.807) is 6.55 Å². The van der Waals surface area contributed by atoms with Crippen LogP contribution < -0.4 is 0 Å². The topological polar surface area (TPSA) is 129 Å². The molecular formula is C29H63F3O14Si7. The molecule has 312 valence electrons. The van der Waals surface area contributed by atoms with E-state index in [1.807, 2.05) is 13.1 Å². The summed E-state index contributed by atoms with van der Waals surface area (Å²) in [6.45, 7) is 20.8. The van der Waals surface area contributed by atoms with Crippen molar-refractivity contribution < 1.29 is 74.5 Å². The smallest absolute Gasteiger partial charge is 0.433 e. The van der Waals surface area contributed by atoms with Gasteiger partial charge in [-0.25, -0.2) is 0 Å². The number of alkyl halides is 3. The molecule has 14 nitrogen and oxygen atoms in total. The van der Waals surface area contributed by atoms with E-state index in [4.69, 9.17) is 61.3 Å². The van der Waals surface area contributed by atoms with E-state index in [0.717, 1.165) is 0 Å². The van der Waals surface area contributed by atoms with Crippen LogP contribution in [0.15, 0.2) is 34.2 Å². The molecule has 24 heteroatoms. The minimum absolute atomic E-state index is 0.129. The van der Waals surface area contributed by atoms with Crippen LogP contribution in [0.3, 0.4) is 0 Å². The van der Waals surface area contributed by atoms with Crippen molar-refractivity contribution >= 4 is 60.4 Å². The Bertz CT molecular complexity index is 1170. The Morgan fingerprint density at radius 3 is 1.36 bits per heavy atom. The van der Waals surface area contributed by atoms with Gasteiger partial charge in [0.15, 0.2) is 8.32 Å². The minimum Gasteiger partial charge on any atom is -0.433 e. The van der Waals surface area contributed by atoms with Crippen LogP contribution in [-0.2, 0) is 61.3 Å². The van der Waals surface area contributed by atoms with Gasteiger partial charge in [0, 0.05) is 91.7 Å². The third kappa shape index (κ3) is 12.5. The Balaban J connectivity index is 4.08. The van der Waals surface area contributed by atoms with Crippen LogP contribution in [0, 0.1) is 0 Å². The fraction of sp³-hybridized carbons (Fsp3) is 0.793. The highest BCUT2D eigenvalue weighted by Gasteiger charge is 2.66. The summed E-state index contributed by atoms with van der Waals surface area (Å²) < 4.78 is 125. The molecule has 1 heterocycles. The minimum atomic E-state index is -4.30. The molecule has 0 aromatic rings. The monoisotopic (exact) mass is 888 g/mol. The van der Waals surface area contributed by atoms with E-state index in [-0.39, 0.29) is 13.2 Å². The molecule has 1 saturated heterocycles. The molecule has 53 heavy (non-hydrogen) atoms. The first-order chi connectivity index (χ1) is 24.5. The number of halogens is 3. The van der Waals surface area contributed by atoms with Crippen LogP contribution in [-0.4, -0.2) is 150 Å². The number of hydrogen-bond donors (Lipinski definition) is 0. The molecule has 1 aliphatic heterocycles. The SMILES string of the molecule is C=C([Si]1(C)OCCCC[Si](C)(CCCOCCC(F)(F)F)O[Si](C)(C(=C)[Si](OC)(OC)OC)O[Si](C)(C(=C)[Si](OC)(OC)OC)O1)[Si](OC)(OC)OC. The van der Waals surface area contributed by atoms with Crippen molar-refractivity contribution in [3.05, 3.63) is 34.2 Å². The van der Waals surface area contributed by atoms with Crippen LogP contribution in [0.4, 0.5) is 13.2 Å². The van der Waals surface area contributed by atoms with Crippen LogP contribution >= 0.6 is 0 Å². The summed E-state index contributed by atoms with van der Waals surface area (Å²) >= 11 is 0. The summed E-state index contributed by atoms with van der Waals surface area (Å²) in [6, 6.07) is 1.19. The average molecular weight is 889 g/mol. The van der Waals surface area contributed by atoms with Crippen LogP contribution in [0.25, 0.3) is 0 Å². The standard InChI is InChI=1S/C29H63F3O14Si7/c1-26(51(33-4,34-5)35-6)48(14)43-22-17-18-24-47(13,25-19-21-42-23-20-29(30,31)32)44-49(15,27(2)52(36-7,37-8)38-9)46-50(16,45-48)28(3)53(39-10,40-11)41-12/h1-3,17-25H2,4-16H3. The zero-order valence-corrected chi connectivity index (χ0v) is 40.8. The van der Waals surface area contributed by atoms with Gasteiger partial charge in [-0.2, -0.15) is 13.2 Å². The fourth-order valence-electron chi connectivity index (χ4n) is 6.31. The van der Waals surface area contributed by atoms with Crippen molar-refractivity contribution in [3.63, 3.8) is 0 Å². The van der Waals surface area contributed by atoms with E-state index in [1.165, 1.54) is 64.0 Å². The third-order valence-corrected chi connectivity index (χ3v) is 39.9. The van der Waals surface area contributed by atoms with Crippen molar-refractivity contribution in [1.82, 2.24) is 0 Å². The van der Waals surface area contributed by atoms with Gasteiger partial charge >= 0.3 is 58.3 Å². The largest absolute Gasteiger partial charge is 0.532 e. The van der Waals surface area contributed by atoms with Crippen molar-refractivity contribution in [2.75, 3.05) is 83.8 Å². The number of ether oxygens (including phenoxy) is 1.